The Balaban J connectivity index is 2.28. The van der Waals surface area contributed by atoms with E-state index < -0.39 is 10.0 Å². The zero-order valence-corrected chi connectivity index (χ0v) is 8.64. The van der Waals surface area contributed by atoms with Crippen molar-refractivity contribution in [1.82, 2.24) is 4.31 Å². The van der Waals surface area contributed by atoms with E-state index in [0.717, 1.165) is 19.3 Å². The van der Waals surface area contributed by atoms with Crippen LogP contribution in [-0.2, 0) is 14.8 Å². The van der Waals surface area contributed by atoms with E-state index in [4.69, 9.17) is 4.74 Å². The van der Waals surface area contributed by atoms with Gasteiger partial charge in [0, 0.05) is 13.2 Å². The normalized spacial score (nSPS) is 36.1. The molecule has 4 nitrogen and oxygen atoms in total. The third kappa shape index (κ3) is 1.49. The average Bonchev–Trinajstić information content (AvgIpc) is 2.60. The summed E-state index contributed by atoms with van der Waals surface area (Å²) in [6.45, 7) is 1.95. The monoisotopic (exact) mass is 205 g/mol. The zero-order valence-electron chi connectivity index (χ0n) is 7.82. The van der Waals surface area contributed by atoms with E-state index in [1.807, 2.05) is 0 Å². The molecule has 0 aromatic rings. The molecule has 0 radical (unpaired) electrons. The van der Waals surface area contributed by atoms with Gasteiger partial charge in [-0.25, -0.2) is 8.42 Å². The van der Waals surface area contributed by atoms with Gasteiger partial charge in [-0.1, -0.05) is 0 Å². The Labute approximate surface area is 78.9 Å². The SMILES string of the molecule is CS(=O)(=O)N1CCCC12CCOC2. The summed E-state index contributed by atoms with van der Waals surface area (Å²) in [6, 6.07) is 0. The molecule has 0 aliphatic carbocycles. The molecular weight excluding hydrogens is 190 g/mol. The van der Waals surface area contributed by atoms with E-state index in [-0.39, 0.29) is 5.54 Å². The van der Waals surface area contributed by atoms with Crippen molar-refractivity contribution in [3.63, 3.8) is 0 Å². The van der Waals surface area contributed by atoms with Gasteiger partial charge in [-0.2, -0.15) is 4.31 Å². The second-order valence-electron chi connectivity index (χ2n) is 3.97. The van der Waals surface area contributed by atoms with Crippen LogP contribution in [0.5, 0.6) is 0 Å². The Bertz CT molecular complexity index is 287. The lowest BCUT2D eigenvalue weighted by molar-refractivity contribution is 0.147. The van der Waals surface area contributed by atoms with Gasteiger partial charge >= 0.3 is 0 Å². The highest BCUT2D eigenvalue weighted by Gasteiger charge is 2.47. The summed E-state index contributed by atoms with van der Waals surface area (Å²) >= 11 is 0. The average molecular weight is 205 g/mol. The molecule has 0 saturated carbocycles. The molecule has 13 heavy (non-hydrogen) atoms. The van der Waals surface area contributed by atoms with Crippen LogP contribution in [0.3, 0.4) is 0 Å². The fourth-order valence-corrected chi connectivity index (χ4v) is 3.82. The Morgan fingerprint density at radius 2 is 2.15 bits per heavy atom. The van der Waals surface area contributed by atoms with Gasteiger partial charge in [0.15, 0.2) is 0 Å². The van der Waals surface area contributed by atoms with E-state index >= 15 is 0 Å². The van der Waals surface area contributed by atoms with Gasteiger partial charge in [0.2, 0.25) is 10.0 Å². The largest absolute Gasteiger partial charge is 0.379 e. The summed E-state index contributed by atoms with van der Waals surface area (Å²) in [7, 11) is -3.04. The van der Waals surface area contributed by atoms with Crippen LogP contribution in [0.15, 0.2) is 0 Å². The first-order chi connectivity index (χ1) is 6.05. The molecule has 0 N–H and O–H groups in total. The molecule has 0 bridgehead atoms. The van der Waals surface area contributed by atoms with Crippen LogP contribution in [0, 0.1) is 0 Å². The fourth-order valence-electron chi connectivity index (χ4n) is 2.42. The minimum absolute atomic E-state index is 0.187. The maximum atomic E-state index is 11.5. The van der Waals surface area contributed by atoms with Crippen LogP contribution in [0.25, 0.3) is 0 Å². The van der Waals surface area contributed by atoms with Crippen molar-refractivity contribution in [3.05, 3.63) is 0 Å². The van der Waals surface area contributed by atoms with Crippen LogP contribution >= 0.6 is 0 Å². The van der Waals surface area contributed by atoms with Crippen molar-refractivity contribution in [2.45, 2.75) is 24.8 Å². The molecule has 0 amide bonds. The van der Waals surface area contributed by atoms with Gasteiger partial charge in [-0.15, -0.1) is 0 Å². The molecule has 2 aliphatic heterocycles. The Kier molecular flexibility index (Phi) is 2.13. The Hall–Kier alpha value is -0.130. The summed E-state index contributed by atoms with van der Waals surface area (Å²) in [5.41, 5.74) is -0.187. The molecule has 1 unspecified atom stereocenters. The molecule has 76 valence electrons. The summed E-state index contributed by atoms with van der Waals surface area (Å²) < 4.78 is 29.9. The van der Waals surface area contributed by atoms with Crippen LogP contribution < -0.4 is 0 Å². The number of sulfonamides is 1. The molecule has 1 spiro atoms. The second kappa shape index (κ2) is 2.93. The van der Waals surface area contributed by atoms with Crippen molar-refractivity contribution in [3.8, 4) is 0 Å². The molecule has 0 aromatic carbocycles. The smallest absolute Gasteiger partial charge is 0.211 e. The summed E-state index contributed by atoms with van der Waals surface area (Å²) in [4.78, 5) is 0. The highest BCUT2D eigenvalue weighted by molar-refractivity contribution is 7.88. The van der Waals surface area contributed by atoms with Crippen LogP contribution in [0.4, 0.5) is 0 Å². The number of hydrogen-bond acceptors (Lipinski definition) is 3. The predicted molar refractivity (Wildman–Crippen MR) is 49.0 cm³/mol. The molecule has 2 aliphatic rings. The van der Waals surface area contributed by atoms with Gasteiger partial charge in [-0.3, -0.25) is 0 Å². The first-order valence-corrected chi connectivity index (χ1v) is 6.45. The van der Waals surface area contributed by atoms with Crippen LogP contribution in [0.1, 0.15) is 19.3 Å². The lowest BCUT2D eigenvalue weighted by Crippen LogP contribution is -2.47. The molecule has 0 aromatic heterocycles. The number of nitrogens with zero attached hydrogens (tertiary/aromatic N) is 1. The van der Waals surface area contributed by atoms with Gasteiger partial charge < -0.3 is 4.74 Å². The van der Waals surface area contributed by atoms with Crippen molar-refractivity contribution >= 4 is 10.0 Å². The van der Waals surface area contributed by atoms with E-state index in [2.05, 4.69) is 0 Å². The Morgan fingerprint density at radius 1 is 1.38 bits per heavy atom. The van der Waals surface area contributed by atoms with Crippen molar-refractivity contribution in [2.75, 3.05) is 26.0 Å². The number of rotatable bonds is 1. The molecule has 1 atom stereocenters. The maximum Gasteiger partial charge on any atom is 0.211 e. The molecular formula is C8H15NO3S. The van der Waals surface area contributed by atoms with E-state index in [1.165, 1.54) is 6.26 Å². The van der Waals surface area contributed by atoms with Crippen molar-refractivity contribution in [1.29, 1.82) is 0 Å². The number of hydrogen-bond donors (Lipinski definition) is 0. The predicted octanol–water partition coefficient (Wildman–Crippen LogP) is 0.201. The lowest BCUT2D eigenvalue weighted by atomic mass is 9.97. The summed E-state index contributed by atoms with van der Waals surface area (Å²) in [6.07, 6.45) is 4.08. The maximum absolute atomic E-state index is 11.5. The van der Waals surface area contributed by atoms with Crippen molar-refractivity contribution < 1.29 is 13.2 Å². The van der Waals surface area contributed by atoms with Gasteiger partial charge in [0.1, 0.15) is 0 Å². The third-order valence-corrected chi connectivity index (χ3v) is 4.39. The van der Waals surface area contributed by atoms with E-state index in [9.17, 15) is 8.42 Å². The van der Waals surface area contributed by atoms with E-state index in [1.54, 1.807) is 4.31 Å². The minimum Gasteiger partial charge on any atom is -0.379 e. The molecule has 2 heterocycles. The quantitative estimate of drug-likeness (QED) is 0.614. The third-order valence-electron chi connectivity index (χ3n) is 3.02. The Morgan fingerprint density at radius 3 is 2.69 bits per heavy atom. The van der Waals surface area contributed by atoms with Gasteiger partial charge in [0.25, 0.3) is 0 Å². The molecule has 5 heteroatoms. The summed E-state index contributed by atoms with van der Waals surface area (Å²) in [5, 5.41) is 0. The highest BCUT2D eigenvalue weighted by atomic mass is 32.2. The highest BCUT2D eigenvalue weighted by Crippen LogP contribution is 2.37. The van der Waals surface area contributed by atoms with Crippen molar-refractivity contribution in [2.24, 2.45) is 0 Å². The first-order valence-electron chi connectivity index (χ1n) is 4.60. The fraction of sp³-hybridized carbons (Fsp3) is 1.00. The minimum atomic E-state index is -3.04. The van der Waals surface area contributed by atoms with Crippen LogP contribution in [0.2, 0.25) is 0 Å². The van der Waals surface area contributed by atoms with Gasteiger partial charge in [0.05, 0.1) is 18.4 Å². The topological polar surface area (TPSA) is 46.6 Å². The molecule has 2 saturated heterocycles. The standard InChI is InChI=1S/C8H15NO3S/c1-13(10,11)9-5-2-3-8(9)4-6-12-7-8/h2-7H2,1H3. The number of ether oxygens (including phenoxy) is 1. The van der Waals surface area contributed by atoms with Gasteiger partial charge in [-0.05, 0) is 19.3 Å². The summed E-state index contributed by atoms with van der Waals surface area (Å²) in [5.74, 6) is 0. The zero-order chi connectivity index (χ0) is 9.53. The van der Waals surface area contributed by atoms with E-state index in [0.29, 0.717) is 19.8 Å². The van der Waals surface area contributed by atoms with Crippen LogP contribution in [-0.4, -0.2) is 44.3 Å². The first kappa shape index (κ1) is 9.43. The molecule has 2 rings (SSSR count). The second-order valence-corrected chi connectivity index (χ2v) is 5.87. The lowest BCUT2D eigenvalue weighted by Gasteiger charge is -2.31. The molecule has 2 fully saturated rings.